The maximum atomic E-state index is 14.3. The molecule has 0 saturated carbocycles. The summed E-state index contributed by atoms with van der Waals surface area (Å²) < 4.78 is 69.5. The van der Waals surface area contributed by atoms with Crippen LogP contribution in [0.1, 0.15) is 51.3 Å². The highest BCUT2D eigenvalue weighted by atomic mass is 31.2. The van der Waals surface area contributed by atoms with Crippen LogP contribution in [0, 0.1) is 6.92 Å². The molecule has 1 aromatic carbocycles. The van der Waals surface area contributed by atoms with Gasteiger partial charge in [0.2, 0.25) is 7.44 Å². The Morgan fingerprint density at radius 2 is 1.85 bits per heavy atom. The molecule has 2 heterocycles. The molecule has 40 heavy (non-hydrogen) atoms. The van der Waals surface area contributed by atoms with Crippen molar-refractivity contribution in [2.24, 2.45) is 0 Å². The summed E-state index contributed by atoms with van der Waals surface area (Å²) in [5, 5.41) is 4.86. The van der Waals surface area contributed by atoms with Crippen molar-refractivity contribution in [1.29, 1.82) is 0 Å². The van der Waals surface area contributed by atoms with Crippen molar-refractivity contribution in [1.82, 2.24) is 29.7 Å². The van der Waals surface area contributed by atoms with Crippen molar-refractivity contribution >= 4 is 30.4 Å². The number of rotatable bonds is 13. The van der Waals surface area contributed by atoms with Gasteiger partial charge < -0.3 is 19.8 Å². The summed E-state index contributed by atoms with van der Waals surface area (Å²) in [7, 11) is -4.27. The summed E-state index contributed by atoms with van der Waals surface area (Å²) in [6, 6.07) is 3.39. The van der Waals surface area contributed by atoms with Crippen molar-refractivity contribution in [2.75, 3.05) is 18.7 Å². The van der Waals surface area contributed by atoms with Crippen molar-refractivity contribution in [3.8, 4) is 0 Å². The number of fused-ring (bicyclic) bond motifs is 1. The van der Waals surface area contributed by atoms with E-state index in [4.69, 9.17) is 15.2 Å². The number of ether oxygens (including phenoxy) is 2. The maximum absolute atomic E-state index is 14.3. The Labute approximate surface area is 230 Å². The van der Waals surface area contributed by atoms with Crippen LogP contribution in [0.4, 0.5) is 19.0 Å². The van der Waals surface area contributed by atoms with E-state index in [9.17, 15) is 22.5 Å². The van der Waals surface area contributed by atoms with Gasteiger partial charge in [0.25, 0.3) is 0 Å². The second kappa shape index (κ2) is 12.6. The van der Waals surface area contributed by atoms with Gasteiger partial charge >= 0.3 is 12.1 Å². The van der Waals surface area contributed by atoms with E-state index in [1.807, 2.05) is 0 Å². The van der Waals surface area contributed by atoms with Crippen LogP contribution in [0.2, 0.25) is 0 Å². The van der Waals surface area contributed by atoms with E-state index in [-0.39, 0.29) is 24.5 Å². The fourth-order valence-electron chi connectivity index (χ4n) is 3.87. The topological polar surface area (TPSA) is 146 Å². The molecule has 3 atom stereocenters. The number of aromatic nitrogens is 4. The van der Waals surface area contributed by atoms with E-state index >= 15 is 0 Å². The molecule has 0 spiro atoms. The Morgan fingerprint density at radius 3 is 2.48 bits per heavy atom. The number of nitrogens with zero attached hydrogens (tertiary/aromatic N) is 4. The number of anilines is 1. The number of alkyl halides is 3. The zero-order chi connectivity index (χ0) is 29.7. The molecule has 220 valence electrons. The lowest BCUT2D eigenvalue weighted by Crippen LogP contribution is -2.50. The quantitative estimate of drug-likeness (QED) is 0.194. The zero-order valence-electron chi connectivity index (χ0n) is 23.0. The third-order valence-electron chi connectivity index (χ3n) is 5.91. The number of nitrogen functional groups attached to an aromatic ring is 1. The number of aryl methyl sites for hydroxylation is 1. The average Bonchev–Trinajstić information content (AvgIpc) is 3.28. The molecule has 3 unspecified atom stereocenters. The van der Waals surface area contributed by atoms with Gasteiger partial charge in [0.05, 0.1) is 25.6 Å². The number of hydrogen-bond acceptors (Lipinski definition) is 8. The normalized spacial score (nSPS) is 15.5. The molecule has 0 aliphatic carbocycles. The molecule has 0 radical (unpaired) electrons. The molecule has 0 bridgehead atoms. The summed E-state index contributed by atoms with van der Waals surface area (Å²) in [6.07, 6.45) is -2.81. The second-order valence-corrected chi connectivity index (χ2v) is 12.3. The number of benzene rings is 1. The molecular formula is C25H35F3N7O4P. The summed E-state index contributed by atoms with van der Waals surface area (Å²) in [5.41, 5.74) is 5.69. The third kappa shape index (κ3) is 8.00. The number of carbonyl (C=O) groups is 1. The highest BCUT2D eigenvalue weighted by Crippen LogP contribution is 2.46. The molecule has 11 nitrogen and oxygen atoms in total. The fourth-order valence-corrected chi connectivity index (χ4v) is 6.25. The van der Waals surface area contributed by atoms with E-state index in [0.717, 1.165) is 5.56 Å². The number of esters is 1. The van der Waals surface area contributed by atoms with Gasteiger partial charge in [0.15, 0.2) is 11.5 Å². The Bertz CT molecular complexity index is 1350. The number of carbonyl (C=O) groups excluding carboxylic acids is 1. The van der Waals surface area contributed by atoms with Crippen LogP contribution in [0.15, 0.2) is 36.9 Å². The maximum Gasteiger partial charge on any atom is 0.408 e. The van der Waals surface area contributed by atoms with Crippen LogP contribution in [0.3, 0.4) is 0 Å². The Kier molecular flexibility index (Phi) is 9.94. The van der Waals surface area contributed by atoms with Gasteiger partial charge in [-0.2, -0.15) is 13.2 Å². The van der Waals surface area contributed by atoms with E-state index < -0.39 is 43.6 Å². The highest BCUT2D eigenvalue weighted by molar-refractivity contribution is 7.59. The van der Waals surface area contributed by atoms with Gasteiger partial charge in [0, 0.05) is 0 Å². The molecule has 0 amide bonds. The predicted molar refractivity (Wildman–Crippen MR) is 144 cm³/mol. The van der Waals surface area contributed by atoms with Gasteiger partial charge in [0.1, 0.15) is 29.8 Å². The second-order valence-electron chi connectivity index (χ2n) is 10.1. The first-order valence-corrected chi connectivity index (χ1v) is 14.5. The molecule has 3 rings (SSSR count). The molecule has 15 heteroatoms. The molecule has 0 aliphatic rings. The molecule has 0 fully saturated rings. The first-order chi connectivity index (χ1) is 18.6. The van der Waals surface area contributed by atoms with E-state index in [2.05, 4.69) is 25.1 Å². The van der Waals surface area contributed by atoms with E-state index in [1.165, 1.54) is 50.8 Å². The van der Waals surface area contributed by atoms with Gasteiger partial charge in [-0.3, -0.25) is 9.36 Å². The number of halogens is 3. The van der Waals surface area contributed by atoms with Crippen LogP contribution in [-0.4, -0.2) is 56.3 Å². The van der Waals surface area contributed by atoms with Crippen LogP contribution in [0.25, 0.3) is 11.2 Å². The molecule has 4 N–H and O–H groups in total. The van der Waals surface area contributed by atoms with Gasteiger partial charge in [-0.15, -0.1) is 0 Å². The van der Waals surface area contributed by atoms with Crippen molar-refractivity contribution in [3.63, 3.8) is 0 Å². The standard InChI is InChI=1S/C25H35F3N7O4P/c1-6-11-38-23(36)24(4,5)34-40(37,33-20(25(26,27)28)18-9-7-16(2)8-10-18)15-39-17(3)12-35-14-32-19-21(29)30-13-31-22(19)35/h7-10,13-14,17,20H,6,11-12,15H2,1-5H3,(H2,29,30,31)(H2,33,34,37). The number of imidazole rings is 1. The van der Waals surface area contributed by atoms with Crippen molar-refractivity contribution in [2.45, 2.75) is 71.4 Å². The Balaban J connectivity index is 1.86. The molecule has 2 aromatic heterocycles. The lowest BCUT2D eigenvalue weighted by atomic mass is 10.1. The van der Waals surface area contributed by atoms with Gasteiger partial charge in [-0.1, -0.05) is 36.8 Å². The Hall–Kier alpha value is -3.06. The minimum absolute atomic E-state index is 0.108. The molecular weight excluding hydrogens is 550 g/mol. The SMILES string of the molecule is CCCOC(=O)C(C)(C)NP(=O)(COC(C)Cn1cnc2c(N)ncnc21)NC(c1ccc(C)cc1)C(F)(F)F. The van der Waals surface area contributed by atoms with Crippen molar-refractivity contribution < 1.29 is 32.0 Å². The lowest BCUT2D eigenvalue weighted by Gasteiger charge is -2.34. The summed E-state index contributed by atoms with van der Waals surface area (Å²) in [6.45, 7) is 8.26. The third-order valence-corrected chi connectivity index (χ3v) is 8.02. The molecule has 0 saturated heterocycles. The molecule has 0 aliphatic heterocycles. The van der Waals surface area contributed by atoms with Crippen LogP contribution in [-0.2, 0) is 25.4 Å². The first kappa shape index (κ1) is 31.5. The first-order valence-electron chi connectivity index (χ1n) is 12.6. The van der Waals surface area contributed by atoms with E-state index in [1.54, 1.807) is 25.3 Å². The number of nitrogens with one attached hydrogen (secondary N) is 2. The number of nitrogens with two attached hydrogens (primary N) is 1. The van der Waals surface area contributed by atoms with Crippen LogP contribution >= 0.6 is 7.44 Å². The predicted octanol–water partition coefficient (Wildman–Crippen LogP) is 4.49. The van der Waals surface area contributed by atoms with E-state index in [0.29, 0.717) is 17.6 Å². The molecule has 3 aromatic rings. The minimum atomic E-state index is -4.81. The Morgan fingerprint density at radius 1 is 1.18 bits per heavy atom. The summed E-state index contributed by atoms with van der Waals surface area (Å²) >= 11 is 0. The largest absolute Gasteiger partial charge is 0.464 e. The lowest BCUT2D eigenvalue weighted by molar-refractivity contribution is -0.153. The monoisotopic (exact) mass is 585 g/mol. The fraction of sp³-hybridized carbons (Fsp3) is 0.520. The van der Waals surface area contributed by atoms with Gasteiger partial charge in [-0.25, -0.2) is 25.1 Å². The minimum Gasteiger partial charge on any atom is -0.464 e. The highest BCUT2D eigenvalue weighted by Gasteiger charge is 2.47. The number of hydrogen-bond donors (Lipinski definition) is 3. The summed E-state index contributed by atoms with van der Waals surface area (Å²) in [4.78, 5) is 24.9. The average molecular weight is 586 g/mol. The van der Waals surface area contributed by atoms with Crippen LogP contribution < -0.4 is 15.9 Å². The van der Waals surface area contributed by atoms with Crippen molar-refractivity contribution in [3.05, 3.63) is 48.0 Å². The van der Waals surface area contributed by atoms with Crippen LogP contribution in [0.5, 0.6) is 0 Å². The zero-order valence-corrected chi connectivity index (χ0v) is 23.9. The van der Waals surface area contributed by atoms with Gasteiger partial charge in [-0.05, 0) is 39.7 Å². The smallest absolute Gasteiger partial charge is 0.408 e. The summed E-state index contributed by atoms with van der Waals surface area (Å²) in [5.74, 6) is -0.563.